The van der Waals surface area contributed by atoms with Crippen molar-refractivity contribution in [3.63, 3.8) is 0 Å². The molecule has 2 N–H and O–H groups in total. The number of ether oxygens (including phenoxy) is 1. The van der Waals surface area contributed by atoms with E-state index in [4.69, 9.17) is 4.74 Å². The van der Waals surface area contributed by atoms with Crippen LogP contribution in [0.4, 0.5) is 5.69 Å². The Morgan fingerprint density at radius 3 is 2.33 bits per heavy atom. The van der Waals surface area contributed by atoms with Crippen molar-refractivity contribution in [1.82, 2.24) is 4.31 Å². The van der Waals surface area contributed by atoms with E-state index in [1.54, 1.807) is 28.6 Å². The third kappa shape index (κ3) is 5.28. The minimum absolute atomic E-state index is 0.0683. The number of quaternary nitrogens is 1. The Labute approximate surface area is 161 Å². The van der Waals surface area contributed by atoms with Crippen LogP contribution in [0.25, 0.3) is 0 Å². The second kappa shape index (κ2) is 8.68. The molecule has 3 rings (SSSR count). The van der Waals surface area contributed by atoms with E-state index in [-0.39, 0.29) is 10.8 Å². The summed E-state index contributed by atoms with van der Waals surface area (Å²) in [5.74, 6) is 0.663. The molecule has 0 unspecified atom stereocenters. The van der Waals surface area contributed by atoms with Gasteiger partial charge in [-0.05, 0) is 42.5 Å². The summed E-state index contributed by atoms with van der Waals surface area (Å²) >= 11 is 0. The molecule has 1 amide bonds. The van der Waals surface area contributed by atoms with Crippen LogP contribution in [0.5, 0.6) is 0 Å². The fourth-order valence-corrected chi connectivity index (χ4v) is 5.61. The highest BCUT2D eigenvalue weighted by Crippen LogP contribution is 2.27. The number of carbonyl (C=O) groups excluding carboxylic acids is 1. The van der Waals surface area contributed by atoms with Crippen molar-refractivity contribution in [1.29, 1.82) is 0 Å². The highest BCUT2D eigenvalue weighted by atomic mass is 32.2. The Hall–Kier alpha value is -1.48. The van der Waals surface area contributed by atoms with Gasteiger partial charge in [-0.2, -0.15) is 4.31 Å². The summed E-state index contributed by atoms with van der Waals surface area (Å²) in [6, 6.07) is 6.49. The molecule has 2 fully saturated rings. The molecule has 2 heterocycles. The van der Waals surface area contributed by atoms with Gasteiger partial charge in [-0.25, -0.2) is 8.42 Å². The van der Waals surface area contributed by atoms with Crippen LogP contribution in [0.15, 0.2) is 29.2 Å². The first-order chi connectivity index (χ1) is 12.8. The monoisotopic (exact) mass is 396 g/mol. The van der Waals surface area contributed by atoms with Crippen molar-refractivity contribution < 1.29 is 22.8 Å². The molecule has 0 radical (unpaired) electrons. The van der Waals surface area contributed by atoms with Gasteiger partial charge in [0, 0.05) is 18.8 Å². The number of nitrogens with one attached hydrogen (secondary N) is 2. The predicted octanol–water partition coefficient (Wildman–Crippen LogP) is 0.207. The maximum absolute atomic E-state index is 12.9. The molecular weight excluding hydrogens is 366 g/mol. The van der Waals surface area contributed by atoms with Crippen LogP contribution >= 0.6 is 0 Å². The van der Waals surface area contributed by atoms with Crippen molar-refractivity contribution in [2.45, 2.75) is 25.2 Å². The zero-order chi connectivity index (χ0) is 19.4. The number of hydrogen-bond donors (Lipinski definition) is 2. The lowest BCUT2D eigenvalue weighted by Crippen LogP contribution is -3.15. The average Bonchev–Trinajstić information content (AvgIpc) is 2.62. The maximum Gasteiger partial charge on any atom is 0.279 e. The number of anilines is 1. The van der Waals surface area contributed by atoms with E-state index in [1.807, 2.05) is 0 Å². The van der Waals surface area contributed by atoms with Gasteiger partial charge < -0.3 is 15.0 Å². The molecule has 2 atom stereocenters. The van der Waals surface area contributed by atoms with E-state index in [9.17, 15) is 13.2 Å². The van der Waals surface area contributed by atoms with Gasteiger partial charge in [-0.15, -0.1) is 0 Å². The highest BCUT2D eigenvalue weighted by molar-refractivity contribution is 7.89. The summed E-state index contributed by atoms with van der Waals surface area (Å²) in [6.07, 6.45) is 1.06. The predicted molar refractivity (Wildman–Crippen MR) is 103 cm³/mol. The lowest BCUT2D eigenvalue weighted by atomic mass is 9.94. The standard InChI is InChI=1S/C19H29N3O4S/c1-15-11-16(2)13-22(12-15)27(24,25)18-5-3-17(4-6-18)20-19(23)14-21-7-9-26-10-8-21/h3-6,15-16H,7-14H2,1-2H3,(H,20,23)/p+1/t15-,16-/m0/s1. The fraction of sp³-hybridized carbons (Fsp3) is 0.632. The minimum Gasteiger partial charge on any atom is -0.370 e. The summed E-state index contributed by atoms with van der Waals surface area (Å²) in [6.45, 7) is 8.73. The van der Waals surface area contributed by atoms with E-state index < -0.39 is 10.0 Å². The molecule has 0 aliphatic carbocycles. The number of sulfonamides is 1. The molecule has 2 aliphatic heterocycles. The Balaban J connectivity index is 1.61. The molecule has 0 aromatic heterocycles. The fourth-order valence-electron chi connectivity index (χ4n) is 3.93. The Kier molecular flexibility index (Phi) is 6.52. The van der Waals surface area contributed by atoms with E-state index in [2.05, 4.69) is 19.2 Å². The van der Waals surface area contributed by atoms with Crippen molar-refractivity contribution in [3.05, 3.63) is 24.3 Å². The lowest BCUT2D eigenvalue weighted by Gasteiger charge is -2.34. The number of rotatable bonds is 5. The zero-order valence-electron chi connectivity index (χ0n) is 16.1. The molecule has 2 saturated heterocycles. The van der Waals surface area contributed by atoms with E-state index in [1.165, 1.54) is 4.90 Å². The molecule has 0 saturated carbocycles. The van der Waals surface area contributed by atoms with Gasteiger partial charge in [0.1, 0.15) is 13.1 Å². The molecule has 27 heavy (non-hydrogen) atoms. The van der Waals surface area contributed by atoms with Crippen LogP contribution in [0.2, 0.25) is 0 Å². The topological polar surface area (TPSA) is 80.2 Å². The van der Waals surface area contributed by atoms with Crippen molar-refractivity contribution >= 4 is 21.6 Å². The van der Waals surface area contributed by atoms with Crippen LogP contribution in [0.1, 0.15) is 20.3 Å². The molecule has 0 bridgehead atoms. The van der Waals surface area contributed by atoms with Crippen molar-refractivity contribution in [2.75, 3.05) is 51.3 Å². The third-order valence-electron chi connectivity index (χ3n) is 5.22. The summed E-state index contributed by atoms with van der Waals surface area (Å²) in [7, 11) is -3.49. The highest BCUT2D eigenvalue weighted by Gasteiger charge is 2.31. The molecule has 1 aromatic carbocycles. The summed E-state index contributed by atoms with van der Waals surface area (Å²) < 4.78 is 32.7. The Morgan fingerprint density at radius 1 is 1.15 bits per heavy atom. The van der Waals surface area contributed by atoms with Gasteiger partial charge in [-0.3, -0.25) is 4.79 Å². The molecular formula is C19H30N3O4S+. The lowest BCUT2D eigenvalue weighted by molar-refractivity contribution is -0.899. The van der Waals surface area contributed by atoms with Gasteiger partial charge in [0.2, 0.25) is 10.0 Å². The van der Waals surface area contributed by atoms with Gasteiger partial charge in [0.05, 0.1) is 18.1 Å². The normalized spacial score (nSPS) is 25.3. The van der Waals surface area contributed by atoms with Gasteiger partial charge in [-0.1, -0.05) is 13.8 Å². The molecule has 8 heteroatoms. The molecule has 7 nitrogen and oxygen atoms in total. The number of amides is 1. The van der Waals surface area contributed by atoms with Gasteiger partial charge in [0.25, 0.3) is 5.91 Å². The largest absolute Gasteiger partial charge is 0.370 e. The van der Waals surface area contributed by atoms with E-state index in [0.29, 0.717) is 50.4 Å². The van der Waals surface area contributed by atoms with Crippen LogP contribution < -0.4 is 10.2 Å². The quantitative estimate of drug-likeness (QED) is 0.746. The maximum atomic E-state index is 12.9. The summed E-state index contributed by atoms with van der Waals surface area (Å²) in [5.41, 5.74) is 0.618. The first-order valence-corrected chi connectivity index (χ1v) is 11.1. The number of hydrogen-bond acceptors (Lipinski definition) is 4. The zero-order valence-corrected chi connectivity index (χ0v) is 16.9. The van der Waals surface area contributed by atoms with Gasteiger partial charge >= 0.3 is 0 Å². The third-order valence-corrected chi connectivity index (χ3v) is 7.07. The van der Waals surface area contributed by atoms with E-state index >= 15 is 0 Å². The summed E-state index contributed by atoms with van der Waals surface area (Å²) in [4.78, 5) is 13.7. The first-order valence-electron chi connectivity index (χ1n) is 9.66. The summed E-state index contributed by atoms with van der Waals surface area (Å²) in [5, 5.41) is 2.85. The average molecular weight is 397 g/mol. The van der Waals surface area contributed by atoms with Crippen LogP contribution in [0.3, 0.4) is 0 Å². The molecule has 150 valence electrons. The molecule has 2 aliphatic rings. The molecule has 1 aromatic rings. The first kappa shape index (κ1) is 20.3. The number of morpholine rings is 1. The number of carbonyl (C=O) groups is 1. The van der Waals surface area contributed by atoms with Crippen LogP contribution in [0, 0.1) is 11.8 Å². The van der Waals surface area contributed by atoms with Crippen molar-refractivity contribution in [2.24, 2.45) is 11.8 Å². The van der Waals surface area contributed by atoms with Gasteiger partial charge in [0.15, 0.2) is 6.54 Å². The Morgan fingerprint density at radius 2 is 1.74 bits per heavy atom. The second-order valence-electron chi connectivity index (χ2n) is 7.88. The van der Waals surface area contributed by atoms with Crippen LogP contribution in [-0.4, -0.2) is 64.6 Å². The SMILES string of the molecule is C[C@H]1C[C@H](C)CN(S(=O)(=O)c2ccc(NC(=O)C[NH+]3CCOCC3)cc2)C1. The number of benzene rings is 1. The van der Waals surface area contributed by atoms with Crippen LogP contribution in [-0.2, 0) is 19.6 Å². The minimum atomic E-state index is -3.49. The molecule has 0 spiro atoms. The van der Waals surface area contributed by atoms with E-state index in [0.717, 1.165) is 19.5 Å². The Bertz CT molecular complexity index is 735. The van der Waals surface area contributed by atoms with Crippen molar-refractivity contribution in [3.8, 4) is 0 Å². The second-order valence-corrected chi connectivity index (χ2v) is 9.82. The smallest absolute Gasteiger partial charge is 0.279 e. The number of nitrogens with zero attached hydrogens (tertiary/aromatic N) is 1. The number of piperidine rings is 1.